The van der Waals surface area contributed by atoms with E-state index in [0.717, 1.165) is 11.6 Å². The molecule has 0 unspecified atom stereocenters. The minimum absolute atomic E-state index is 0.0656. The van der Waals surface area contributed by atoms with E-state index in [0.29, 0.717) is 19.5 Å². The second-order valence-electron chi connectivity index (χ2n) is 4.80. The van der Waals surface area contributed by atoms with Crippen molar-refractivity contribution in [1.82, 2.24) is 5.32 Å². The number of hydrogen-bond acceptors (Lipinski definition) is 5. The van der Waals surface area contributed by atoms with E-state index in [1.54, 1.807) is 11.3 Å². The Morgan fingerprint density at radius 3 is 2.91 bits per heavy atom. The summed E-state index contributed by atoms with van der Waals surface area (Å²) in [6.45, 7) is 1.20. The Hall–Kier alpha value is -1.65. The highest BCUT2D eigenvalue weighted by Gasteiger charge is 2.17. The zero-order valence-electron chi connectivity index (χ0n) is 12.3. The van der Waals surface area contributed by atoms with Gasteiger partial charge in [0.1, 0.15) is 23.7 Å². The van der Waals surface area contributed by atoms with Crippen molar-refractivity contribution in [3.63, 3.8) is 0 Å². The lowest BCUT2D eigenvalue weighted by molar-refractivity contribution is 0.192. The molecule has 0 aliphatic carbocycles. The largest absolute Gasteiger partial charge is 0.484 e. The van der Waals surface area contributed by atoms with Gasteiger partial charge in [-0.15, -0.1) is 0 Å². The van der Waals surface area contributed by atoms with E-state index in [1.165, 1.54) is 6.07 Å². The van der Waals surface area contributed by atoms with Crippen LogP contribution in [0.25, 0.3) is 0 Å². The molecular weight excluding hydrogens is 339 g/mol. The van der Waals surface area contributed by atoms with E-state index in [4.69, 9.17) is 26.7 Å². The van der Waals surface area contributed by atoms with Crippen molar-refractivity contribution < 1.29 is 14.2 Å². The van der Waals surface area contributed by atoms with Crippen molar-refractivity contribution in [2.45, 2.75) is 12.5 Å². The average molecular weight is 355 g/mol. The third-order valence-corrected chi connectivity index (χ3v) is 4.19. The molecule has 122 valence electrons. The smallest absolute Gasteiger partial charge is 0.143 e. The number of hydrogen-bond donors (Lipinski definition) is 2. The van der Waals surface area contributed by atoms with Crippen molar-refractivity contribution in [2.24, 2.45) is 0 Å². The number of rotatable bonds is 8. The monoisotopic (exact) mass is 354 g/mol. The molecule has 0 radical (unpaired) electrons. The molecule has 2 aromatic rings. The third-order valence-electron chi connectivity index (χ3n) is 3.20. The molecule has 4 nitrogen and oxygen atoms in total. The van der Waals surface area contributed by atoms with Crippen LogP contribution in [0.5, 0.6) is 5.75 Å². The van der Waals surface area contributed by atoms with E-state index >= 15 is 0 Å². The summed E-state index contributed by atoms with van der Waals surface area (Å²) in [5, 5.41) is 24.9. The minimum atomic E-state index is -0.646. The van der Waals surface area contributed by atoms with Crippen LogP contribution in [0, 0.1) is 17.1 Å². The maximum atomic E-state index is 13.5. The van der Waals surface area contributed by atoms with Crippen LogP contribution in [0.1, 0.15) is 23.7 Å². The number of thiophene rings is 1. The highest BCUT2D eigenvalue weighted by Crippen LogP contribution is 2.31. The Kier molecular flexibility index (Phi) is 6.81. The van der Waals surface area contributed by atoms with E-state index in [2.05, 4.69) is 5.32 Å². The molecule has 0 aliphatic rings. The number of aliphatic hydroxyl groups excluding tert-OH is 1. The Morgan fingerprint density at radius 1 is 1.43 bits per heavy atom. The zero-order chi connectivity index (χ0) is 16.7. The molecule has 0 spiro atoms. The molecule has 1 atom stereocenters. The van der Waals surface area contributed by atoms with Gasteiger partial charge in [-0.3, -0.25) is 0 Å². The van der Waals surface area contributed by atoms with Gasteiger partial charge in [0, 0.05) is 24.6 Å². The average Bonchev–Trinajstić information content (AvgIpc) is 3.07. The molecule has 0 bridgehead atoms. The number of nitrogens with zero attached hydrogens (tertiary/aromatic N) is 1. The molecule has 0 saturated heterocycles. The van der Waals surface area contributed by atoms with Gasteiger partial charge in [0.15, 0.2) is 0 Å². The van der Waals surface area contributed by atoms with Gasteiger partial charge in [-0.2, -0.15) is 16.6 Å². The van der Waals surface area contributed by atoms with Crippen LogP contribution in [0.2, 0.25) is 5.02 Å². The molecule has 23 heavy (non-hydrogen) atoms. The first-order chi connectivity index (χ1) is 11.2. The summed E-state index contributed by atoms with van der Waals surface area (Å²) < 4.78 is 19.4. The van der Waals surface area contributed by atoms with Gasteiger partial charge in [-0.25, -0.2) is 4.39 Å². The molecule has 0 fully saturated rings. The van der Waals surface area contributed by atoms with Gasteiger partial charge in [0.05, 0.1) is 17.2 Å². The number of nitrogens with one attached hydrogen (secondary N) is 1. The SMILES string of the molecule is N#Cc1cc(F)c(Cl)cc1O[C@H](CCNCCO)c1ccsc1. The summed E-state index contributed by atoms with van der Waals surface area (Å²) in [4.78, 5) is 0. The van der Waals surface area contributed by atoms with Gasteiger partial charge in [0.25, 0.3) is 0 Å². The fourth-order valence-corrected chi connectivity index (χ4v) is 2.91. The Morgan fingerprint density at radius 2 is 2.26 bits per heavy atom. The normalized spacial score (nSPS) is 11.9. The number of benzene rings is 1. The first kappa shape index (κ1) is 17.7. The van der Waals surface area contributed by atoms with Crippen molar-refractivity contribution >= 4 is 22.9 Å². The van der Waals surface area contributed by atoms with Crippen LogP contribution in [-0.4, -0.2) is 24.8 Å². The molecule has 1 aromatic heterocycles. The predicted octanol–water partition coefficient (Wildman–Crippen LogP) is 3.50. The molecule has 0 saturated carbocycles. The molecule has 2 N–H and O–H groups in total. The van der Waals surface area contributed by atoms with Crippen molar-refractivity contribution in [3.05, 3.63) is 50.9 Å². The summed E-state index contributed by atoms with van der Waals surface area (Å²) in [6, 6.07) is 6.27. The molecule has 2 rings (SSSR count). The molecular formula is C16H16ClFN2O2S. The zero-order valence-corrected chi connectivity index (χ0v) is 13.8. The second-order valence-corrected chi connectivity index (χ2v) is 5.99. The Labute approximate surface area is 143 Å². The Bertz CT molecular complexity index is 673. The van der Waals surface area contributed by atoms with Crippen molar-refractivity contribution in [3.8, 4) is 11.8 Å². The number of halogens is 2. The van der Waals surface area contributed by atoms with Gasteiger partial charge in [-0.1, -0.05) is 11.6 Å². The second kappa shape index (κ2) is 8.85. The number of nitriles is 1. The summed E-state index contributed by atoms with van der Waals surface area (Å²) in [6.07, 6.45) is 0.345. The quantitative estimate of drug-likeness (QED) is 0.712. The maximum absolute atomic E-state index is 13.5. The predicted molar refractivity (Wildman–Crippen MR) is 88.4 cm³/mol. The van der Waals surface area contributed by atoms with Gasteiger partial charge in [-0.05, 0) is 29.4 Å². The fourth-order valence-electron chi connectivity index (χ4n) is 2.06. The van der Waals surface area contributed by atoms with Gasteiger partial charge < -0.3 is 15.2 Å². The summed E-state index contributed by atoms with van der Waals surface area (Å²) in [5.74, 6) is -0.385. The fraction of sp³-hybridized carbons (Fsp3) is 0.312. The first-order valence-corrected chi connectivity index (χ1v) is 8.37. The lowest BCUT2D eigenvalue weighted by Crippen LogP contribution is -2.22. The molecule has 1 heterocycles. The van der Waals surface area contributed by atoms with E-state index in [9.17, 15) is 4.39 Å². The van der Waals surface area contributed by atoms with Crippen LogP contribution < -0.4 is 10.1 Å². The van der Waals surface area contributed by atoms with E-state index < -0.39 is 5.82 Å². The summed E-state index contributed by atoms with van der Waals surface area (Å²) >= 11 is 7.34. The number of aliphatic hydroxyl groups is 1. The van der Waals surface area contributed by atoms with Crippen molar-refractivity contribution in [2.75, 3.05) is 19.7 Å². The lowest BCUT2D eigenvalue weighted by Gasteiger charge is -2.19. The van der Waals surface area contributed by atoms with Crippen LogP contribution >= 0.6 is 22.9 Å². The molecule has 1 aromatic carbocycles. The van der Waals surface area contributed by atoms with Crippen molar-refractivity contribution in [1.29, 1.82) is 5.26 Å². The molecule has 0 aliphatic heterocycles. The Balaban J connectivity index is 2.17. The number of ether oxygens (including phenoxy) is 1. The maximum Gasteiger partial charge on any atom is 0.143 e. The third kappa shape index (κ3) is 4.91. The topological polar surface area (TPSA) is 65.3 Å². The van der Waals surface area contributed by atoms with Crippen LogP contribution in [0.15, 0.2) is 29.0 Å². The summed E-state index contributed by atoms with van der Waals surface area (Å²) in [5.41, 5.74) is 1.08. The van der Waals surface area contributed by atoms with Crippen LogP contribution in [0.4, 0.5) is 4.39 Å². The molecule has 0 amide bonds. The van der Waals surface area contributed by atoms with Gasteiger partial charge >= 0.3 is 0 Å². The van der Waals surface area contributed by atoms with Gasteiger partial charge in [0.2, 0.25) is 0 Å². The van der Waals surface area contributed by atoms with E-state index in [-0.39, 0.29) is 29.0 Å². The first-order valence-electron chi connectivity index (χ1n) is 7.05. The highest BCUT2D eigenvalue weighted by atomic mass is 35.5. The highest BCUT2D eigenvalue weighted by molar-refractivity contribution is 7.07. The lowest BCUT2D eigenvalue weighted by atomic mass is 10.1. The standard InChI is InChI=1S/C16H16ClFN2O2S/c17-13-8-16(12(9-19)7-14(13)18)22-15(1-3-20-4-5-21)11-2-6-23-10-11/h2,6-8,10,15,20-21H,1,3-5H2/t15-/m1/s1. The minimum Gasteiger partial charge on any atom is -0.484 e. The van der Waals surface area contributed by atoms with Crippen LogP contribution in [0.3, 0.4) is 0 Å². The van der Waals surface area contributed by atoms with Crippen LogP contribution in [-0.2, 0) is 0 Å². The van der Waals surface area contributed by atoms with E-state index in [1.807, 2.05) is 22.9 Å². The molecule has 7 heteroatoms. The summed E-state index contributed by atoms with van der Waals surface area (Å²) in [7, 11) is 0.